The van der Waals surface area contributed by atoms with E-state index in [9.17, 15) is 9.59 Å². The van der Waals surface area contributed by atoms with Gasteiger partial charge in [-0.25, -0.2) is 0 Å². The van der Waals surface area contributed by atoms with Crippen molar-refractivity contribution in [1.82, 2.24) is 16.2 Å². The summed E-state index contributed by atoms with van der Waals surface area (Å²) in [5, 5.41) is 2.41. The third-order valence-corrected chi connectivity index (χ3v) is 4.06. The number of thiocarbonyl (C=S) groups is 1. The van der Waals surface area contributed by atoms with Gasteiger partial charge in [0, 0.05) is 6.08 Å². The summed E-state index contributed by atoms with van der Waals surface area (Å²) in [7, 11) is 0. The molecule has 2 rings (SSSR count). The first-order valence-electron chi connectivity index (χ1n) is 9.38. The lowest BCUT2D eigenvalue weighted by Crippen LogP contribution is -2.49. The molecule has 158 valence electrons. The number of nitrogens with one attached hydrogen (secondary N) is 3. The molecule has 2 aromatic carbocycles. The van der Waals surface area contributed by atoms with Crippen LogP contribution in [0.5, 0.6) is 11.5 Å². The zero-order chi connectivity index (χ0) is 21.9. The van der Waals surface area contributed by atoms with Crippen LogP contribution in [-0.2, 0) is 9.59 Å². The van der Waals surface area contributed by atoms with Gasteiger partial charge in [0.1, 0.15) is 11.5 Å². The molecule has 3 N–H and O–H groups in total. The molecule has 0 atom stereocenters. The molecule has 0 saturated carbocycles. The van der Waals surface area contributed by atoms with Gasteiger partial charge in [0.2, 0.25) is 5.91 Å². The number of carbonyl (C=O) groups is 2. The Kier molecular flexibility index (Phi) is 8.83. The highest BCUT2D eigenvalue weighted by atomic mass is 32.1. The molecule has 0 spiro atoms. The van der Waals surface area contributed by atoms with E-state index in [0.29, 0.717) is 12.4 Å². The van der Waals surface area contributed by atoms with Crippen LogP contribution >= 0.6 is 12.2 Å². The number of hydrazine groups is 1. The largest absolute Gasteiger partial charge is 0.494 e. The van der Waals surface area contributed by atoms with Crippen molar-refractivity contribution < 1.29 is 19.1 Å². The van der Waals surface area contributed by atoms with Crippen molar-refractivity contribution in [1.29, 1.82) is 0 Å². The SMILES string of the molecule is CCOc1ccc(/C=C/C(=O)NC(=S)NNC(=O)COc2ccc(C)cc2C)cc1. The van der Waals surface area contributed by atoms with Gasteiger partial charge >= 0.3 is 0 Å². The highest BCUT2D eigenvalue weighted by Gasteiger charge is 2.06. The number of ether oxygens (including phenoxy) is 2. The Bertz CT molecular complexity index is 926. The molecule has 30 heavy (non-hydrogen) atoms. The Morgan fingerprint density at radius 1 is 1.03 bits per heavy atom. The molecule has 0 aliphatic heterocycles. The van der Waals surface area contributed by atoms with Crippen molar-refractivity contribution >= 4 is 35.2 Å². The molecule has 0 heterocycles. The third-order valence-electron chi connectivity index (χ3n) is 3.86. The van der Waals surface area contributed by atoms with Crippen LogP contribution in [0.2, 0.25) is 0 Å². The average molecular weight is 428 g/mol. The maximum atomic E-state index is 11.9. The van der Waals surface area contributed by atoms with Crippen molar-refractivity contribution in [3.63, 3.8) is 0 Å². The van der Waals surface area contributed by atoms with Crippen molar-refractivity contribution in [2.75, 3.05) is 13.2 Å². The Morgan fingerprint density at radius 2 is 1.77 bits per heavy atom. The van der Waals surface area contributed by atoms with Gasteiger partial charge in [-0.05, 0) is 68.4 Å². The van der Waals surface area contributed by atoms with Crippen LogP contribution in [0.1, 0.15) is 23.6 Å². The van der Waals surface area contributed by atoms with Crippen LogP contribution in [0.25, 0.3) is 6.08 Å². The summed E-state index contributed by atoms with van der Waals surface area (Å²) < 4.78 is 10.8. The summed E-state index contributed by atoms with van der Waals surface area (Å²) in [4.78, 5) is 23.8. The summed E-state index contributed by atoms with van der Waals surface area (Å²) in [6.45, 7) is 6.21. The zero-order valence-corrected chi connectivity index (χ0v) is 18.0. The minimum atomic E-state index is -0.434. The molecule has 0 aromatic heterocycles. The lowest BCUT2D eigenvalue weighted by molar-refractivity contribution is -0.123. The number of amides is 2. The fourth-order valence-corrected chi connectivity index (χ4v) is 2.62. The number of benzene rings is 2. The molecule has 2 aromatic rings. The molecule has 2 amide bonds. The van der Waals surface area contributed by atoms with Crippen molar-refractivity contribution in [2.45, 2.75) is 20.8 Å². The summed E-state index contributed by atoms with van der Waals surface area (Å²) in [5.74, 6) is 0.534. The maximum absolute atomic E-state index is 11.9. The molecular formula is C22H25N3O4S. The first-order chi connectivity index (χ1) is 14.4. The lowest BCUT2D eigenvalue weighted by atomic mass is 10.1. The van der Waals surface area contributed by atoms with Crippen LogP contribution in [0.3, 0.4) is 0 Å². The minimum Gasteiger partial charge on any atom is -0.494 e. The van der Waals surface area contributed by atoms with Gasteiger partial charge < -0.3 is 9.47 Å². The molecule has 8 heteroatoms. The summed E-state index contributed by atoms with van der Waals surface area (Å²) >= 11 is 4.99. The molecule has 0 fully saturated rings. The third kappa shape index (κ3) is 7.92. The van der Waals surface area contributed by atoms with Gasteiger partial charge in [-0.15, -0.1) is 0 Å². The van der Waals surface area contributed by atoms with E-state index in [1.165, 1.54) is 6.08 Å². The molecule has 0 unspecified atom stereocenters. The predicted octanol–water partition coefficient (Wildman–Crippen LogP) is 2.82. The van der Waals surface area contributed by atoms with Gasteiger partial charge in [-0.3, -0.25) is 25.8 Å². The summed E-state index contributed by atoms with van der Waals surface area (Å²) in [6.07, 6.45) is 2.98. The molecule has 7 nitrogen and oxygen atoms in total. The van der Waals surface area contributed by atoms with E-state index < -0.39 is 11.8 Å². The number of aryl methyl sites for hydroxylation is 2. The average Bonchev–Trinajstić information content (AvgIpc) is 2.71. The van der Waals surface area contributed by atoms with Crippen molar-refractivity contribution in [3.8, 4) is 11.5 Å². The summed E-state index contributed by atoms with van der Waals surface area (Å²) in [6, 6.07) is 13.0. The predicted molar refractivity (Wildman–Crippen MR) is 120 cm³/mol. The number of carbonyl (C=O) groups excluding carboxylic acids is 2. The highest BCUT2D eigenvalue weighted by Crippen LogP contribution is 2.18. The Balaban J connectivity index is 1.71. The molecule has 0 aliphatic carbocycles. The quantitative estimate of drug-likeness (QED) is 0.358. The van der Waals surface area contributed by atoms with Crippen molar-refractivity contribution in [3.05, 3.63) is 65.2 Å². The Hall–Kier alpha value is -3.39. The zero-order valence-electron chi connectivity index (χ0n) is 17.2. The van der Waals surface area contributed by atoms with Crippen LogP contribution in [0, 0.1) is 13.8 Å². The van der Waals surface area contributed by atoms with E-state index >= 15 is 0 Å². The van der Waals surface area contributed by atoms with Gasteiger partial charge in [-0.1, -0.05) is 29.8 Å². The van der Waals surface area contributed by atoms with Crippen LogP contribution in [-0.4, -0.2) is 30.1 Å². The van der Waals surface area contributed by atoms with E-state index in [0.717, 1.165) is 22.4 Å². The standard InChI is InChI=1S/C22H25N3O4S/c1-4-28-18-9-6-17(7-10-18)8-12-20(26)23-22(30)25-24-21(27)14-29-19-11-5-15(2)13-16(19)3/h5-13H,4,14H2,1-3H3,(H,24,27)(H2,23,25,26,30)/b12-8+. The van der Waals surface area contributed by atoms with Gasteiger partial charge in [-0.2, -0.15) is 0 Å². The van der Waals surface area contributed by atoms with E-state index in [1.807, 2.05) is 63.2 Å². The second-order valence-corrected chi connectivity index (χ2v) is 6.79. The lowest BCUT2D eigenvalue weighted by Gasteiger charge is -2.12. The first-order valence-corrected chi connectivity index (χ1v) is 9.79. The highest BCUT2D eigenvalue weighted by molar-refractivity contribution is 7.80. The van der Waals surface area contributed by atoms with E-state index in [1.54, 1.807) is 6.08 Å². The maximum Gasteiger partial charge on any atom is 0.276 e. The number of rotatable bonds is 7. The molecule has 0 aliphatic rings. The monoisotopic (exact) mass is 427 g/mol. The Labute approximate surface area is 181 Å². The normalized spacial score (nSPS) is 10.4. The number of hydrogen-bond acceptors (Lipinski definition) is 5. The topological polar surface area (TPSA) is 88.7 Å². The van der Waals surface area contributed by atoms with Gasteiger partial charge in [0.25, 0.3) is 5.91 Å². The smallest absolute Gasteiger partial charge is 0.276 e. The second-order valence-electron chi connectivity index (χ2n) is 6.38. The Morgan fingerprint density at radius 3 is 2.43 bits per heavy atom. The summed E-state index contributed by atoms with van der Waals surface area (Å²) in [5.41, 5.74) is 7.73. The van der Waals surface area contributed by atoms with Crippen molar-refractivity contribution in [2.24, 2.45) is 0 Å². The first kappa shape index (κ1) is 22.9. The second kappa shape index (κ2) is 11.6. The van der Waals surface area contributed by atoms with Crippen LogP contribution in [0.15, 0.2) is 48.5 Å². The van der Waals surface area contributed by atoms with Crippen LogP contribution < -0.4 is 25.6 Å². The molecular weight excluding hydrogens is 402 g/mol. The molecule has 0 bridgehead atoms. The van der Waals surface area contributed by atoms with E-state index in [-0.39, 0.29) is 11.7 Å². The van der Waals surface area contributed by atoms with Gasteiger partial charge in [0.05, 0.1) is 6.61 Å². The number of hydrogen-bond donors (Lipinski definition) is 3. The fraction of sp³-hybridized carbons (Fsp3) is 0.227. The van der Waals surface area contributed by atoms with E-state index in [4.69, 9.17) is 21.7 Å². The molecule has 0 saturated heterocycles. The molecule has 0 radical (unpaired) electrons. The van der Waals surface area contributed by atoms with Gasteiger partial charge in [0.15, 0.2) is 11.7 Å². The minimum absolute atomic E-state index is 0.0313. The van der Waals surface area contributed by atoms with E-state index in [2.05, 4.69) is 16.2 Å². The fourth-order valence-electron chi connectivity index (χ4n) is 2.47. The van der Waals surface area contributed by atoms with Crippen LogP contribution in [0.4, 0.5) is 0 Å².